The Balaban J connectivity index is 2.38. The highest BCUT2D eigenvalue weighted by atomic mass is 32.1. The van der Waals surface area contributed by atoms with Crippen molar-refractivity contribution in [3.63, 3.8) is 0 Å². The lowest BCUT2D eigenvalue weighted by atomic mass is 9.98. The molecule has 1 aromatic rings. The minimum Gasteiger partial charge on any atom is -0.481 e. The summed E-state index contributed by atoms with van der Waals surface area (Å²) < 4.78 is 0. The molecule has 0 aromatic carbocycles. The van der Waals surface area contributed by atoms with Crippen molar-refractivity contribution in [3.05, 3.63) is 16.1 Å². The van der Waals surface area contributed by atoms with E-state index in [4.69, 9.17) is 5.11 Å². The van der Waals surface area contributed by atoms with Gasteiger partial charge in [-0.25, -0.2) is 4.98 Å². The normalized spacial score (nSPS) is 11.7. The van der Waals surface area contributed by atoms with Gasteiger partial charge in [0.1, 0.15) is 0 Å². The molecule has 0 radical (unpaired) electrons. The minimum atomic E-state index is -0.777. The van der Waals surface area contributed by atoms with Gasteiger partial charge in [-0.2, -0.15) is 0 Å². The molecule has 1 heterocycles. The third-order valence-electron chi connectivity index (χ3n) is 2.02. The molecule has 1 aromatic heterocycles. The molecule has 4 nitrogen and oxygen atoms in total. The third-order valence-corrected chi connectivity index (χ3v) is 3.33. The maximum atomic E-state index is 10.3. The van der Waals surface area contributed by atoms with Crippen molar-refractivity contribution in [2.45, 2.75) is 39.2 Å². The Morgan fingerprint density at radius 2 is 2.25 bits per heavy atom. The fourth-order valence-corrected chi connectivity index (χ4v) is 2.05. The van der Waals surface area contributed by atoms with Crippen LogP contribution in [0.15, 0.2) is 5.38 Å². The smallest absolute Gasteiger partial charge is 0.304 e. The number of hydrogen-bond acceptors (Lipinski definition) is 4. The molecular weight excluding hydrogens is 224 g/mol. The second kappa shape index (κ2) is 5.41. The molecule has 0 aliphatic heterocycles. The first-order valence-corrected chi connectivity index (χ1v) is 6.15. The zero-order chi connectivity index (χ0) is 12.2. The van der Waals surface area contributed by atoms with Crippen molar-refractivity contribution in [3.8, 4) is 0 Å². The van der Waals surface area contributed by atoms with Crippen LogP contribution in [0.2, 0.25) is 0 Å². The quantitative estimate of drug-likeness (QED) is 0.775. The van der Waals surface area contributed by atoms with Crippen molar-refractivity contribution in [1.29, 1.82) is 0 Å². The topological polar surface area (TPSA) is 62.2 Å². The molecule has 0 fully saturated rings. The molecular formula is C11H18N2O2S. The van der Waals surface area contributed by atoms with Gasteiger partial charge in [0.2, 0.25) is 0 Å². The third kappa shape index (κ3) is 4.28. The first kappa shape index (κ1) is 13.1. The Morgan fingerprint density at radius 3 is 2.75 bits per heavy atom. The monoisotopic (exact) mass is 242 g/mol. The van der Waals surface area contributed by atoms with Crippen LogP contribution in [0.1, 0.15) is 37.9 Å². The van der Waals surface area contributed by atoms with Crippen LogP contribution in [0.4, 0.5) is 0 Å². The summed E-state index contributed by atoms with van der Waals surface area (Å²) >= 11 is 1.65. The van der Waals surface area contributed by atoms with Gasteiger partial charge in [0.15, 0.2) is 0 Å². The molecule has 0 spiro atoms. The average Bonchev–Trinajstić information content (AvgIpc) is 2.59. The highest BCUT2D eigenvalue weighted by molar-refractivity contribution is 7.09. The van der Waals surface area contributed by atoms with Crippen LogP contribution >= 0.6 is 11.3 Å². The number of hydrogen-bond donors (Lipinski definition) is 2. The van der Waals surface area contributed by atoms with E-state index in [1.807, 2.05) is 5.38 Å². The average molecular weight is 242 g/mol. The highest BCUT2D eigenvalue weighted by Crippen LogP contribution is 2.25. The van der Waals surface area contributed by atoms with E-state index in [0.29, 0.717) is 13.1 Å². The second-order valence-electron chi connectivity index (χ2n) is 4.71. The number of carbonyl (C=O) groups is 1. The molecule has 16 heavy (non-hydrogen) atoms. The van der Waals surface area contributed by atoms with Crippen molar-refractivity contribution >= 4 is 17.3 Å². The van der Waals surface area contributed by atoms with Gasteiger partial charge in [-0.3, -0.25) is 4.79 Å². The lowest BCUT2D eigenvalue weighted by Crippen LogP contribution is -2.18. The molecule has 0 unspecified atom stereocenters. The van der Waals surface area contributed by atoms with E-state index in [0.717, 1.165) is 10.7 Å². The zero-order valence-corrected chi connectivity index (χ0v) is 10.7. The van der Waals surface area contributed by atoms with Crippen LogP contribution in [-0.4, -0.2) is 22.6 Å². The van der Waals surface area contributed by atoms with E-state index in [1.54, 1.807) is 11.3 Å². The minimum absolute atomic E-state index is 0.0873. The van der Waals surface area contributed by atoms with Gasteiger partial charge in [0, 0.05) is 23.9 Å². The van der Waals surface area contributed by atoms with E-state index in [1.165, 1.54) is 0 Å². The number of thiazole rings is 1. The molecule has 0 amide bonds. The molecule has 0 bridgehead atoms. The molecule has 1 rings (SSSR count). The number of carboxylic acids is 1. The number of nitrogens with one attached hydrogen (secondary N) is 1. The molecule has 0 saturated carbocycles. The van der Waals surface area contributed by atoms with E-state index < -0.39 is 5.97 Å². The fraction of sp³-hybridized carbons (Fsp3) is 0.636. The Hall–Kier alpha value is -0.940. The Kier molecular flexibility index (Phi) is 4.44. The fourth-order valence-electron chi connectivity index (χ4n) is 1.14. The molecule has 90 valence electrons. The second-order valence-corrected chi connectivity index (χ2v) is 5.57. The summed E-state index contributed by atoms with van der Waals surface area (Å²) in [5.41, 5.74) is 1.07. The van der Waals surface area contributed by atoms with Gasteiger partial charge in [0.05, 0.1) is 17.1 Å². The van der Waals surface area contributed by atoms with Crippen LogP contribution in [-0.2, 0) is 16.8 Å². The lowest BCUT2D eigenvalue weighted by Gasteiger charge is -2.13. The van der Waals surface area contributed by atoms with Crippen LogP contribution < -0.4 is 5.32 Å². The molecule has 5 heteroatoms. The number of carboxylic acid groups (broad SMARTS) is 1. The predicted molar refractivity (Wildman–Crippen MR) is 64.8 cm³/mol. The van der Waals surface area contributed by atoms with Crippen LogP contribution in [0.3, 0.4) is 0 Å². The maximum absolute atomic E-state index is 10.3. The van der Waals surface area contributed by atoms with Gasteiger partial charge in [-0.15, -0.1) is 11.3 Å². The Labute approximate surface area is 99.7 Å². The summed E-state index contributed by atoms with van der Waals surface area (Å²) in [6.45, 7) is 7.52. The summed E-state index contributed by atoms with van der Waals surface area (Å²) in [6, 6.07) is 0. The van der Waals surface area contributed by atoms with E-state index >= 15 is 0 Å². The van der Waals surface area contributed by atoms with Gasteiger partial charge < -0.3 is 10.4 Å². The lowest BCUT2D eigenvalue weighted by molar-refractivity contribution is -0.136. The van der Waals surface area contributed by atoms with Crippen molar-refractivity contribution in [1.82, 2.24) is 10.3 Å². The summed E-state index contributed by atoms with van der Waals surface area (Å²) in [5.74, 6) is -0.777. The van der Waals surface area contributed by atoms with E-state index in [9.17, 15) is 4.79 Å². The van der Waals surface area contributed by atoms with Gasteiger partial charge in [-0.05, 0) is 0 Å². The van der Waals surface area contributed by atoms with Crippen molar-refractivity contribution < 1.29 is 9.90 Å². The van der Waals surface area contributed by atoms with Gasteiger partial charge in [0.25, 0.3) is 0 Å². The van der Waals surface area contributed by atoms with Crippen LogP contribution in [0.5, 0.6) is 0 Å². The molecule has 0 saturated heterocycles. The first-order chi connectivity index (χ1) is 7.39. The summed E-state index contributed by atoms with van der Waals surface area (Å²) in [5, 5.41) is 14.7. The Bertz CT molecular complexity index is 355. The van der Waals surface area contributed by atoms with E-state index in [-0.39, 0.29) is 11.8 Å². The van der Waals surface area contributed by atoms with Gasteiger partial charge >= 0.3 is 5.97 Å². The maximum Gasteiger partial charge on any atom is 0.304 e. The summed E-state index contributed by atoms with van der Waals surface area (Å²) in [6.07, 6.45) is 0.149. The van der Waals surface area contributed by atoms with Crippen molar-refractivity contribution in [2.24, 2.45) is 0 Å². The first-order valence-electron chi connectivity index (χ1n) is 5.27. The number of nitrogens with zero attached hydrogens (tertiary/aromatic N) is 1. The van der Waals surface area contributed by atoms with Crippen LogP contribution in [0.25, 0.3) is 0 Å². The number of rotatable bonds is 5. The largest absolute Gasteiger partial charge is 0.481 e. The molecule has 0 aliphatic rings. The van der Waals surface area contributed by atoms with Crippen LogP contribution in [0, 0.1) is 0 Å². The number of aliphatic carboxylic acids is 1. The van der Waals surface area contributed by atoms with Crippen molar-refractivity contribution in [2.75, 3.05) is 6.54 Å². The SMILES string of the molecule is CC(C)(C)c1nc(CNCCC(=O)O)cs1. The molecule has 0 atom stereocenters. The van der Waals surface area contributed by atoms with E-state index in [2.05, 4.69) is 31.1 Å². The van der Waals surface area contributed by atoms with Gasteiger partial charge in [-0.1, -0.05) is 20.8 Å². The Morgan fingerprint density at radius 1 is 1.56 bits per heavy atom. The summed E-state index contributed by atoms with van der Waals surface area (Å²) in [4.78, 5) is 14.8. The molecule has 0 aliphatic carbocycles. The zero-order valence-electron chi connectivity index (χ0n) is 9.91. The highest BCUT2D eigenvalue weighted by Gasteiger charge is 2.17. The molecule has 2 N–H and O–H groups in total. The summed E-state index contributed by atoms with van der Waals surface area (Å²) in [7, 11) is 0. The predicted octanol–water partition coefficient (Wildman–Crippen LogP) is 2.00. The standard InChI is InChI=1S/C11H18N2O2S/c1-11(2,3)10-13-8(7-16-10)6-12-5-4-9(14)15/h7,12H,4-6H2,1-3H3,(H,14,15). The number of aromatic nitrogens is 1.